The van der Waals surface area contributed by atoms with Gasteiger partial charge in [-0.25, -0.2) is 0 Å². The van der Waals surface area contributed by atoms with Crippen LogP contribution in [0.3, 0.4) is 0 Å². The monoisotopic (exact) mass is 180 g/mol. The summed E-state index contributed by atoms with van der Waals surface area (Å²) in [5, 5.41) is 0. The fourth-order valence-corrected chi connectivity index (χ4v) is 1.45. The molecular weight excluding hydrogens is 168 g/mol. The van der Waals surface area contributed by atoms with Gasteiger partial charge in [-0.2, -0.15) is 0 Å². The summed E-state index contributed by atoms with van der Waals surface area (Å²) in [5.74, 6) is -0.935. The van der Waals surface area contributed by atoms with Gasteiger partial charge in [0.15, 0.2) is 0 Å². The lowest BCUT2D eigenvalue weighted by atomic mass is 9.85. The number of hydrogen-bond donors (Lipinski definition) is 0. The van der Waals surface area contributed by atoms with Gasteiger partial charge in [0.2, 0.25) is 0 Å². The van der Waals surface area contributed by atoms with E-state index < -0.39 is 17.4 Å². The molecule has 0 aliphatic carbocycles. The Bertz CT molecular complexity index is 275. The fraction of sp³-hybridized carbons (Fsp3) is 0.400. The van der Waals surface area contributed by atoms with Gasteiger partial charge in [-0.3, -0.25) is 9.59 Å². The summed E-state index contributed by atoms with van der Waals surface area (Å²) in [6.45, 7) is 3.61. The largest absolute Gasteiger partial charge is 0.392 e. The molecule has 1 aliphatic rings. The molecule has 0 radical (unpaired) electrons. The van der Waals surface area contributed by atoms with E-state index in [1.165, 1.54) is 0 Å². The first-order chi connectivity index (χ1) is 6.14. The van der Waals surface area contributed by atoms with Crippen molar-refractivity contribution in [2.24, 2.45) is 5.41 Å². The van der Waals surface area contributed by atoms with Crippen LogP contribution >= 0.6 is 0 Å². The van der Waals surface area contributed by atoms with E-state index in [9.17, 15) is 9.59 Å². The maximum Gasteiger partial charge on any atom is 0.328 e. The number of rotatable bonds is 2. The Morgan fingerprint density at radius 2 is 1.77 bits per heavy atom. The highest BCUT2D eigenvalue weighted by atomic mass is 16.6. The fourth-order valence-electron chi connectivity index (χ4n) is 1.45. The van der Waals surface area contributed by atoms with Crippen LogP contribution in [0.2, 0.25) is 0 Å². The Morgan fingerprint density at radius 1 is 1.23 bits per heavy atom. The summed E-state index contributed by atoms with van der Waals surface area (Å²) < 4.78 is 4.50. The van der Waals surface area contributed by atoms with Crippen molar-refractivity contribution < 1.29 is 14.3 Å². The van der Waals surface area contributed by atoms with Crippen molar-refractivity contribution in [3.8, 4) is 0 Å². The van der Waals surface area contributed by atoms with Crippen LogP contribution in [0, 0.1) is 5.41 Å². The van der Waals surface area contributed by atoms with Crippen LogP contribution in [-0.4, -0.2) is 11.9 Å². The summed E-state index contributed by atoms with van der Waals surface area (Å²) in [6.07, 6.45) is 7.00. The molecule has 0 spiro atoms. The average Bonchev–Trinajstić information content (AvgIpc) is 2.28. The van der Waals surface area contributed by atoms with Crippen molar-refractivity contribution in [2.45, 2.75) is 20.3 Å². The second kappa shape index (κ2) is 3.56. The van der Waals surface area contributed by atoms with E-state index in [1.54, 1.807) is 38.2 Å². The van der Waals surface area contributed by atoms with Crippen LogP contribution in [0.4, 0.5) is 0 Å². The quantitative estimate of drug-likeness (QED) is 0.368. The molecule has 0 aromatic heterocycles. The van der Waals surface area contributed by atoms with Crippen molar-refractivity contribution in [2.75, 3.05) is 0 Å². The number of carbonyl (C=O) groups excluding carboxylic acids is 2. The Morgan fingerprint density at radius 3 is 2.08 bits per heavy atom. The van der Waals surface area contributed by atoms with Crippen molar-refractivity contribution in [3.63, 3.8) is 0 Å². The van der Waals surface area contributed by atoms with Gasteiger partial charge in [0.05, 0.1) is 6.42 Å². The summed E-state index contributed by atoms with van der Waals surface area (Å²) in [5.41, 5.74) is -0.847. The first-order valence-electron chi connectivity index (χ1n) is 4.17. The van der Waals surface area contributed by atoms with E-state index in [4.69, 9.17) is 0 Å². The van der Waals surface area contributed by atoms with Gasteiger partial charge in [0.25, 0.3) is 0 Å². The van der Waals surface area contributed by atoms with E-state index in [-0.39, 0.29) is 6.42 Å². The standard InChI is InChI=1S/C10H12O3/c1-3-5-10(6-4-2)7-8(11)13-9(10)12/h3-6H,7H2,1-2H3. The number of allylic oxidation sites excluding steroid dienone is 2. The Labute approximate surface area is 77.1 Å². The SMILES string of the molecule is CC=CC1(C=CC)CC(=O)OC1=O. The Kier molecular flexibility index (Phi) is 2.66. The van der Waals surface area contributed by atoms with Gasteiger partial charge in [0.1, 0.15) is 5.41 Å². The van der Waals surface area contributed by atoms with Crippen LogP contribution in [0.25, 0.3) is 0 Å². The van der Waals surface area contributed by atoms with E-state index in [1.807, 2.05) is 0 Å². The molecule has 0 aromatic carbocycles. The van der Waals surface area contributed by atoms with Gasteiger partial charge >= 0.3 is 11.9 Å². The molecule has 1 saturated heterocycles. The minimum absolute atomic E-state index is 0.112. The smallest absolute Gasteiger partial charge is 0.328 e. The topological polar surface area (TPSA) is 43.4 Å². The Hall–Kier alpha value is -1.38. The number of cyclic esters (lactones) is 2. The highest BCUT2D eigenvalue weighted by Gasteiger charge is 2.44. The van der Waals surface area contributed by atoms with Crippen molar-refractivity contribution >= 4 is 11.9 Å². The van der Waals surface area contributed by atoms with E-state index >= 15 is 0 Å². The molecule has 0 atom stereocenters. The van der Waals surface area contributed by atoms with Crippen LogP contribution in [-0.2, 0) is 14.3 Å². The minimum atomic E-state index is -0.847. The molecule has 0 saturated carbocycles. The molecular formula is C10H12O3. The molecule has 13 heavy (non-hydrogen) atoms. The molecule has 1 heterocycles. The highest BCUT2D eigenvalue weighted by molar-refractivity contribution is 6.00. The molecule has 0 aromatic rings. The first-order valence-corrected chi connectivity index (χ1v) is 4.17. The molecule has 0 N–H and O–H groups in total. The van der Waals surface area contributed by atoms with Crippen molar-refractivity contribution in [3.05, 3.63) is 24.3 Å². The van der Waals surface area contributed by atoms with Gasteiger partial charge < -0.3 is 4.74 Å². The normalized spacial score (nSPS) is 29.1. The molecule has 3 heteroatoms. The third-order valence-electron chi connectivity index (χ3n) is 1.95. The molecule has 3 nitrogen and oxygen atoms in total. The highest BCUT2D eigenvalue weighted by Crippen LogP contribution is 2.34. The van der Waals surface area contributed by atoms with Gasteiger partial charge in [-0.1, -0.05) is 24.3 Å². The number of esters is 2. The second-order valence-corrected chi connectivity index (χ2v) is 2.98. The maximum absolute atomic E-state index is 11.3. The molecule has 1 aliphatic heterocycles. The third-order valence-corrected chi connectivity index (χ3v) is 1.95. The zero-order valence-corrected chi connectivity index (χ0v) is 7.74. The van der Waals surface area contributed by atoms with Gasteiger partial charge in [-0.05, 0) is 13.8 Å². The predicted molar refractivity (Wildman–Crippen MR) is 47.8 cm³/mol. The van der Waals surface area contributed by atoms with Crippen LogP contribution in [0.1, 0.15) is 20.3 Å². The van der Waals surface area contributed by atoms with Gasteiger partial charge in [0, 0.05) is 0 Å². The summed E-state index contributed by atoms with van der Waals surface area (Å²) >= 11 is 0. The number of hydrogen-bond acceptors (Lipinski definition) is 3. The van der Waals surface area contributed by atoms with E-state index in [2.05, 4.69) is 4.74 Å². The van der Waals surface area contributed by atoms with E-state index in [0.717, 1.165) is 0 Å². The Balaban J connectivity index is 3.04. The predicted octanol–water partition coefficient (Wildman–Crippen LogP) is 1.60. The average molecular weight is 180 g/mol. The lowest BCUT2D eigenvalue weighted by Gasteiger charge is -2.12. The second-order valence-electron chi connectivity index (χ2n) is 2.98. The minimum Gasteiger partial charge on any atom is -0.392 e. The summed E-state index contributed by atoms with van der Waals surface area (Å²) in [6, 6.07) is 0. The summed E-state index contributed by atoms with van der Waals surface area (Å²) in [7, 11) is 0. The van der Waals surface area contributed by atoms with Crippen molar-refractivity contribution in [1.29, 1.82) is 0 Å². The van der Waals surface area contributed by atoms with E-state index in [0.29, 0.717) is 0 Å². The number of ether oxygens (including phenoxy) is 1. The first kappa shape index (κ1) is 9.71. The van der Waals surface area contributed by atoms with Crippen LogP contribution < -0.4 is 0 Å². The molecule has 70 valence electrons. The molecule has 0 bridgehead atoms. The lowest BCUT2D eigenvalue weighted by molar-refractivity contribution is -0.153. The molecule has 0 amide bonds. The molecule has 0 unspecified atom stereocenters. The van der Waals surface area contributed by atoms with Crippen LogP contribution in [0.5, 0.6) is 0 Å². The lowest BCUT2D eigenvalue weighted by Crippen LogP contribution is -2.20. The molecule has 1 fully saturated rings. The summed E-state index contributed by atoms with van der Waals surface area (Å²) in [4.78, 5) is 22.2. The zero-order chi connectivity index (χ0) is 9.90. The van der Waals surface area contributed by atoms with Gasteiger partial charge in [-0.15, -0.1) is 0 Å². The van der Waals surface area contributed by atoms with Crippen LogP contribution in [0.15, 0.2) is 24.3 Å². The number of carbonyl (C=O) groups is 2. The third kappa shape index (κ3) is 1.69. The molecule has 1 rings (SSSR count). The maximum atomic E-state index is 11.3. The zero-order valence-electron chi connectivity index (χ0n) is 7.74. The van der Waals surface area contributed by atoms with Crippen molar-refractivity contribution in [1.82, 2.24) is 0 Å².